The Labute approximate surface area is 149 Å². The van der Waals surface area contributed by atoms with Crippen LogP contribution < -0.4 is 0 Å². The molecule has 0 spiro atoms. The highest BCUT2D eigenvalue weighted by molar-refractivity contribution is 7.91. The van der Waals surface area contributed by atoms with Crippen LogP contribution in [-0.4, -0.2) is 43.8 Å². The minimum atomic E-state index is -3.00. The molecule has 0 aromatic heterocycles. The van der Waals surface area contributed by atoms with Gasteiger partial charge in [0.25, 0.3) is 0 Å². The number of rotatable bonds is 5. The molecule has 25 heavy (non-hydrogen) atoms. The number of carbonyl (C=O) groups is 1. The largest absolute Gasteiger partial charge is 0.342 e. The third-order valence-electron chi connectivity index (χ3n) is 4.93. The van der Waals surface area contributed by atoms with Crippen molar-refractivity contribution in [1.82, 2.24) is 4.90 Å². The number of nitrogens with zero attached hydrogens (tertiary/aromatic N) is 1. The summed E-state index contributed by atoms with van der Waals surface area (Å²) in [5, 5.41) is 0. The number of sulfone groups is 1. The standard InChI is InChI=1S/C20H23NO3S/c1-21(18-12-13-25(23,24)15-18)20(22)14-19(16-8-4-2-5-9-16)17-10-6-3-7-11-17/h2-11,18-19H,12-15H2,1H3/t18-/m1/s1. The van der Waals surface area contributed by atoms with Gasteiger partial charge in [0.05, 0.1) is 11.5 Å². The second kappa shape index (κ2) is 7.40. The van der Waals surface area contributed by atoms with Gasteiger partial charge in [-0.1, -0.05) is 60.7 Å². The molecule has 1 aliphatic heterocycles. The summed E-state index contributed by atoms with van der Waals surface area (Å²) >= 11 is 0. The maximum atomic E-state index is 12.8. The SMILES string of the molecule is CN(C(=O)CC(c1ccccc1)c1ccccc1)[C@@H]1CCS(=O)(=O)C1. The van der Waals surface area contributed by atoms with Crippen LogP contribution in [0.1, 0.15) is 29.9 Å². The van der Waals surface area contributed by atoms with Gasteiger partial charge in [-0.25, -0.2) is 8.42 Å². The summed E-state index contributed by atoms with van der Waals surface area (Å²) in [6.45, 7) is 0. The Bertz CT molecular complexity index is 779. The van der Waals surface area contributed by atoms with Crippen molar-refractivity contribution in [3.05, 3.63) is 71.8 Å². The first-order chi connectivity index (χ1) is 12.0. The number of benzene rings is 2. The highest BCUT2D eigenvalue weighted by Gasteiger charge is 2.33. The molecular weight excluding hydrogens is 334 g/mol. The van der Waals surface area contributed by atoms with Gasteiger partial charge in [-0.3, -0.25) is 4.79 Å². The van der Waals surface area contributed by atoms with Gasteiger partial charge in [-0.15, -0.1) is 0 Å². The normalized spacial score (nSPS) is 19.0. The molecule has 1 amide bonds. The van der Waals surface area contributed by atoms with Crippen molar-refractivity contribution in [2.24, 2.45) is 0 Å². The lowest BCUT2D eigenvalue weighted by Crippen LogP contribution is -2.38. The summed E-state index contributed by atoms with van der Waals surface area (Å²) < 4.78 is 23.4. The molecule has 1 atom stereocenters. The molecule has 0 unspecified atom stereocenters. The van der Waals surface area contributed by atoms with E-state index < -0.39 is 9.84 Å². The van der Waals surface area contributed by atoms with Crippen LogP contribution in [0.2, 0.25) is 0 Å². The smallest absolute Gasteiger partial charge is 0.223 e. The fraction of sp³-hybridized carbons (Fsp3) is 0.350. The van der Waals surface area contributed by atoms with Crippen molar-refractivity contribution in [3.8, 4) is 0 Å². The summed E-state index contributed by atoms with van der Waals surface area (Å²) in [6.07, 6.45) is 0.868. The summed E-state index contributed by atoms with van der Waals surface area (Å²) in [5.74, 6) is 0.210. The van der Waals surface area contributed by atoms with Crippen LogP contribution in [0.5, 0.6) is 0 Å². The van der Waals surface area contributed by atoms with E-state index in [1.54, 1.807) is 11.9 Å². The molecule has 4 nitrogen and oxygen atoms in total. The van der Waals surface area contributed by atoms with Crippen molar-refractivity contribution in [2.45, 2.75) is 24.8 Å². The van der Waals surface area contributed by atoms with Crippen LogP contribution >= 0.6 is 0 Å². The molecule has 1 saturated heterocycles. The van der Waals surface area contributed by atoms with Crippen LogP contribution in [0, 0.1) is 0 Å². The van der Waals surface area contributed by atoms with Gasteiger partial charge in [0.1, 0.15) is 0 Å². The molecule has 1 aliphatic rings. The van der Waals surface area contributed by atoms with Gasteiger partial charge in [0.15, 0.2) is 9.84 Å². The predicted octanol–water partition coefficient (Wildman–Crippen LogP) is 2.85. The Hall–Kier alpha value is -2.14. The number of carbonyl (C=O) groups excluding carboxylic acids is 1. The van der Waals surface area contributed by atoms with Crippen LogP contribution in [0.4, 0.5) is 0 Å². The minimum absolute atomic E-state index is 0.0141. The Morgan fingerprint density at radius 3 is 2.00 bits per heavy atom. The van der Waals surface area contributed by atoms with Gasteiger partial charge in [0.2, 0.25) is 5.91 Å². The van der Waals surface area contributed by atoms with E-state index >= 15 is 0 Å². The molecule has 0 radical (unpaired) electrons. The zero-order valence-electron chi connectivity index (χ0n) is 14.3. The van der Waals surface area contributed by atoms with E-state index in [9.17, 15) is 13.2 Å². The Balaban J connectivity index is 1.80. The van der Waals surface area contributed by atoms with Gasteiger partial charge < -0.3 is 4.90 Å². The molecule has 3 rings (SSSR count). The number of hydrogen-bond donors (Lipinski definition) is 0. The molecule has 1 fully saturated rings. The Kier molecular flexibility index (Phi) is 5.23. The molecule has 0 N–H and O–H groups in total. The maximum Gasteiger partial charge on any atom is 0.223 e. The van der Waals surface area contributed by atoms with E-state index in [4.69, 9.17) is 0 Å². The fourth-order valence-electron chi connectivity index (χ4n) is 3.40. The van der Waals surface area contributed by atoms with E-state index in [-0.39, 0.29) is 29.4 Å². The molecule has 0 aliphatic carbocycles. The van der Waals surface area contributed by atoms with Crippen LogP contribution in [0.3, 0.4) is 0 Å². The lowest BCUT2D eigenvalue weighted by atomic mass is 9.88. The first-order valence-electron chi connectivity index (χ1n) is 8.52. The second-order valence-electron chi connectivity index (χ2n) is 6.64. The van der Waals surface area contributed by atoms with Crippen molar-refractivity contribution < 1.29 is 13.2 Å². The third kappa shape index (κ3) is 4.28. The van der Waals surface area contributed by atoms with Gasteiger partial charge in [0, 0.05) is 25.4 Å². The highest BCUT2D eigenvalue weighted by Crippen LogP contribution is 2.29. The molecule has 2 aromatic carbocycles. The third-order valence-corrected chi connectivity index (χ3v) is 6.68. The zero-order chi connectivity index (χ0) is 17.9. The van der Waals surface area contributed by atoms with Gasteiger partial charge in [-0.05, 0) is 17.5 Å². The molecular formula is C20H23NO3S. The first-order valence-corrected chi connectivity index (χ1v) is 10.3. The average Bonchev–Trinajstić information content (AvgIpc) is 3.00. The lowest BCUT2D eigenvalue weighted by Gasteiger charge is -2.26. The van der Waals surface area contributed by atoms with E-state index in [2.05, 4.69) is 0 Å². The average molecular weight is 357 g/mol. The zero-order valence-corrected chi connectivity index (χ0v) is 15.2. The maximum absolute atomic E-state index is 12.8. The van der Waals surface area contributed by atoms with E-state index in [1.165, 1.54) is 0 Å². The van der Waals surface area contributed by atoms with Crippen molar-refractivity contribution in [2.75, 3.05) is 18.6 Å². The van der Waals surface area contributed by atoms with Crippen LogP contribution in [0.25, 0.3) is 0 Å². The Morgan fingerprint density at radius 1 is 1.04 bits per heavy atom. The minimum Gasteiger partial charge on any atom is -0.342 e. The molecule has 2 aromatic rings. The monoisotopic (exact) mass is 357 g/mol. The summed E-state index contributed by atoms with van der Waals surface area (Å²) in [6, 6.07) is 19.8. The predicted molar refractivity (Wildman–Crippen MR) is 99.2 cm³/mol. The van der Waals surface area contributed by atoms with Gasteiger partial charge in [-0.2, -0.15) is 0 Å². The molecule has 132 valence electrons. The fourth-order valence-corrected chi connectivity index (χ4v) is 5.18. The molecule has 0 saturated carbocycles. The molecule has 0 bridgehead atoms. The van der Waals surface area contributed by atoms with E-state index in [0.717, 1.165) is 11.1 Å². The molecule has 1 heterocycles. The van der Waals surface area contributed by atoms with Crippen molar-refractivity contribution in [3.63, 3.8) is 0 Å². The number of amides is 1. The van der Waals surface area contributed by atoms with Crippen molar-refractivity contribution >= 4 is 15.7 Å². The van der Waals surface area contributed by atoms with E-state index in [1.807, 2.05) is 60.7 Å². The summed E-state index contributed by atoms with van der Waals surface area (Å²) in [5.41, 5.74) is 2.18. The molecule has 5 heteroatoms. The quantitative estimate of drug-likeness (QED) is 0.827. The Morgan fingerprint density at radius 2 is 1.56 bits per heavy atom. The van der Waals surface area contributed by atoms with Crippen molar-refractivity contribution in [1.29, 1.82) is 0 Å². The topological polar surface area (TPSA) is 54.5 Å². The van der Waals surface area contributed by atoms with Gasteiger partial charge >= 0.3 is 0 Å². The van der Waals surface area contributed by atoms with E-state index in [0.29, 0.717) is 12.8 Å². The first kappa shape index (κ1) is 17.7. The summed E-state index contributed by atoms with van der Waals surface area (Å²) in [7, 11) is -1.28. The lowest BCUT2D eigenvalue weighted by molar-refractivity contribution is -0.131. The highest BCUT2D eigenvalue weighted by atomic mass is 32.2. The summed E-state index contributed by atoms with van der Waals surface area (Å²) in [4.78, 5) is 14.5. The van der Waals surface area contributed by atoms with Crippen LogP contribution in [0.15, 0.2) is 60.7 Å². The number of hydrogen-bond acceptors (Lipinski definition) is 3. The van der Waals surface area contributed by atoms with Crippen LogP contribution in [-0.2, 0) is 14.6 Å². The second-order valence-corrected chi connectivity index (χ2v) is 8.87.